The van der Waals surface area contributed by atoms with Gasteiger partial charge in [0.2, 0.25) is 0 Å². The Kier molecular flexibility index (Phi) is 12.8. The van der Waals surface area contributed by atoms with Crippen LogP contribution in [0.2, 0.25) is 0 Å². The standard InChI is InChI=1S/C16H33O6PS2/c1-11(2)8-13(5)19-21-23(24,25-15(7)10-16(17)18)22-20-14(6)9-12(3)4/h11-15H,8-10H2,1-7H3,(H,17,18). The van der Waals surface area contributed by atoms with E-state index in [1.807, 2.05) is 13.8 Å². The van der Waals surface area contributed by atoms with Gasteiger partial charge in [-0.2, -0.15) is 9.35 Å². The van der Waals surface area contributed by atoms with E-state index in [-0.39, 0.29) is 23.9 Å². The van der Waals surface area contributed by atoms with E-state index >= 15 is 0 Å². The highest BCUT2D eigenvalue weighted by molar-refractivity contribution is 8.68. The molecule has 150 valence electrons. The lowest BCUT2D eigenvalue weighted by Gasteiger charge is -2.25. The predicted molar refractivity (Wildman–Crippen MR) is 106 cm³/mol. The van der Waals surface area contributed by atoms with Crippen molar-refractivity contribution in [3.05, 3.63) is 0 Å². The summed E-state index contributed by atoms with van der Waals surface area (Å²) in [6, 6.07) is 0. The van der Waals surface area contributed by atoms with Crippen LogP contribution in [0.3, 0.4) is 0 Å². The van der Waals surface area contributed by atoms with Crippen LogP contribution in [0, 0.1) is 11.8 Å². The maximum absolute atomic E-state index is 10.9. The van der Waals surface area contributed by atoms with Gasteiger partial charge < -0.3 is 5.11 Å². The lowest BCUT2D eigenvalue weighted by molar-refractivity contribution is -0.285. The van der Waals surface area contributed by atoms with Crippen molar-refractivity contribution in [1.29, 1.82) is 0 Å². The smallest absolute Gasteiger partial charge is 0.308 e. The second-order valence-corrected chi connectivity index (χ2v) is 13.6. The third kappa shape index (κ3) is 14.1. The van der Waals surface area contributed by atoms with Crippen LogP contribution in [-0.4, -0.2) is 28.5 Å². The summed E-state index contributed by atoms with van der Waals surface area (Å²) in [5.41, 5.74) is -2.98. The molecule has 0 saturated carbocycles. The molecule has 9 heteroatoms. The number of carboxylic acids is 1. The molecular weight excluding hydrogens is 383 g/mol. The molecule has 3 unspecified atom stereocenters. The molecule has 3 atom stereocenters. The molecule has 0 aromatic heterocycles. The molecule has 0 spiro atoms. The molecule has 1 N–H and O–H groups in total. The molecule has 25 heavy (non-hydrogen) atoms. The molecule has 6 nitrogen and oxygen atoms in total. The van der Waals surface area contributed by atoms with Crippen molar-refractivity contribution in [2.24, 2.45) is 11.8 Å². The third-order valence-corrected chi connectivity index (χ3v) is 7.66. The normalized spacial score (nSPS) is 18.1. The van der Waals surface area contributed by atoms with E-state index < -0.39 is 11.7 Å². The SMILES string of the molecule is CC(C)CC(C)OOP(=S)(OOC(C)CC(C)C)SC(C)CC(=O)O. The van der Waals surface area contributed by atoms with Gasteiger partial charge in [-0.15, -0.1) is 0 Å². The topological polar surface area (TPSA) is 74.2 Å². The molecule has 0 aromatic rings. The zero-order valence-electron chi connectivity index (χ0n) is 16.3. The van der Waals surface area contributed by atoms with Crippen molar-refractivity contribution >= 4 is 34.9 Å². The molecule has 0 radical (unpaired) electrons. The summed E-state index contributed by atoms with van der Waals surface area (Å²) in [5, 5.41) is 8.65. The Balaban J connectivity index is 4.78. The van der Waals surface area contributed by atoms with Crippen LogP contribution in [0.15, 0.2) is 0 Å². The highest BCUT2D eigenvalue weighted by Crippen LogP contribution is 2.63. The lowest BCUT2D eigenvalue weighted by atomic mass is 10.1. The zero-order chi connectivity index (χ0) is 19.6. The van der Waals surface area contributed by atoms with Gasteiger partial charge in [-0.05, 0) is 50.3 Å². The van der Waals surface area contributed by atoms with Gasteiger partial charge in [0.1, 0.15) is 0 Å². The summed E-state index contributed by atoms with van der Waals surface area (Å²) in [4.78, 5) is 21.7. The number of rotatable bonds is 14. The molecular formula is C16H33O6PS2. The van der Waals surface area contributed by atoms with Gasteiger partial charge >= 0.3 is 11.7 Å². The first kappa shape index (κ1) is 25.3. The van der Waals surface area contributed by atoms with Gasteiger partial charge in [0.15, 0.2) is 0 Å². The van der Waals surface area contributed by atoms with Crippen LogP contribution in [0.5, 0.6) is 0 Å². The van der Waals surface area contributed by atoms with Crippen molar-refractivity contribution in [1.82, 2.24) is 0 Å². The largest absolute Gasteiger partial charge is 0.481 e. The molecule has 0 rings (SSSR count). The second kappa shape index (κ2) is 12.7. The zero-order valence-corrected chi connectivity index (χ0v) is 18.8. The van der Waals surface area contributed by atoms with Crippen molar-refractivity contribution in [2.45, 2.75) is 85.2 Å². The minimum absolute atomic E-state index is 0.0428. The van der Waals surface area contributed by atoms with Crippen LogP contribution >= 0.6 is 17.1 Å². The van der Waals surface area contributed by atoms with E-state index in [2.05, 4.69) is 27.7 Å². The van der Waals surface area contributed by atoms with E-state index in [4.69, 9.17) is 36.0 Å². The third-order valence-electron chi connectivity index (χ3n) is 2.97. The molecule has 0 saturated heterocycles. The minimum atomic E-state index is -2.98. The predicted octanol–water partition coefficient (Wildman–Crippen LogP) is 5.57. The molecule has 0 aliphatic rings. The summed E-state index contributed by atoms with van der Waals surface area (Å²) in [7, 11) is 0. The van der Waals surface area contributed by atoms with Gasteiger partial charge in [0, 0.05) is 5.25 Å². The maximum atomic E-state index is 10.9. The van der Waals surface area contributed by atoms with Crippen molar-refractivity contribution in [3.63, 3.8) is 0 Å². The minimum Gasteiger partial charge on any atom is -0.481 e. The number of aliphatic carboxylic acids is 1. The summed E-state index contributed by atoms with van der Waals surface area (Å²) in [6.45, 7) is 13.9. The lowest BCUT2D eigenvalue weighted by Crippen LogP contribution is -2.14. The second-order valence-electron chi connectivity index (χ2n) is 7.18. The van der Waals surface area contributed by atoms with Crippen LogP contribution in [0.25, 0.3) is 0 Å². The average Bonchev–Trinajstić information content (AvgIpc) is 2.41. The highest BCUT2D eigenvalue weighted by Gasteiger charge is 2.29. The number of carboxylic acid groups (broad SMARTS) is 1. The van der Waals surface area contributed by atoms with Crippen molar-refractivity contribution in [2.75, 3.05) is 0 Å². The first-order valence-corrected chi connectivity index (χ1v) is 12.8. The summed E-state index contributed by atoms with van der Waals surface area (Å²) in [5.74, 6) is 0.0151. The van der Waals surface area contributed by atoms with E-state index in [9.17, 15) is 4.79 Å². The fraction of sp³-hybridized carbons (Fsp3) is 0.938. The van der Waals surface area contributed by atoms with Crippen LogP contribution in [0.1, 0.15) is 67.7 Å². The number of carbonyl (C=O) groups is 1. The van der Waals surface area contributed by atoms with E-state index in [1.165, 1.54) is 0 Å². The van der Waals surface area contributed by atoms with E-state index in [1.54, 1.807) is 6.92 Å². The van der Waals surface area contributed by atoms with Crippen LogP contribution < -0.4 is 0 Å². The van der Waals surface area contributed by atoms with Gasteiger partial charge in [0.05, 0.1) is 18.6 Å². The Morgan fingerprint density at radius 3 is 1.68 bits per heavy atom. The van der Waals surface area contributed by atoms with Crippen LogP contribution in [-0.2, 0) is 35.7 Å². The Morgan fingerprint density at radius 1 is 0.960 bits per heavy atom. The Labute approximate surface area is 161 Å². The van der Waals surface area contributed by atoms with E-state index in [0.29, 0.717) is 11.8 Å². The molecule has 0 aromatic carbocycles. The number of hydrogen-bond acceptors (Lipinski definition) is 7. The van der Waals surface area contributed by atoms with E-state index in [0.717, 1.165) is 24.2 Å². The quantitative estimate of drug-likeness (QED) is 0.224. The monoisotopic (exact) mass is 416 g/mol. The van der Waals surface area contributed by atoms with Crippen molar-refractivity contribution < 1.29 is 29.0 Å². The maximum Gasteiger partial charge on any atom is 0.308 e. The Bertz CT molecular complexity index is 409. The van der Waals surface area contributed by atoms with Gasteiger partial charge in [-0.1, -0.05) is 46.0 Å². The van der Waals surface area contributed by atoms with Gasteiger partial charge in [-0.25, -0.2) is 9.78 Å². The Hall–Kier alpha value is 0.310. The molecule has 0 aliphatic heterocycles. The molecule has 0 aliphatic carbocycles. The summed E-state index contributed by atoms with van der Waals surface area (Å²) < 4.78 is 10.9. The fourth-order valence-electron chi connectivity index (χ4n) is 2.21. The first-order valence-electron chi connectivity index (χ1n) is 8.63. The number of hydrogen-bond donors (Lipinski definition) is 1. The average molecular weight is 417 g/mol. The van der Waals surface area contributed by atoms with Gasteiger partial charge in [-0.3, -0.25) is 4.79 Å². The molecule has 0 fully saturated rings. The van der Waals surface area contributed by atoms with Gasteiger partial charge in [0.25, 0.3) is 0 Å². The van der Waals surface area contributed by atoms with Crippen LogP contribution in [0.4, 0.5) is 0 Å². The summed E-state index contributed by atoms with van der Waals surface area (Å²) >= 11 is 6.63. The first-order chi connectivity index (χ1) is 11.4. The van der Waals surface area contributed by atoms with Crippen molar-refractivity contribution in [3.8, 4) is 0 Å². The molecule has 0 heterocycles. The Morgan fingerprint density at radius 2 is 1.36 bits per heavy atom. The fourth-order valence-corrected chi connectivity index (χ4v) is 6.97. The highest BCUT2D eigenvalue weighted by atomic mass is 32.9. The summed E-state index contributed by atoms with van der Waals surface area (Å²) in [6.07, 6.45) is 1.30. The molecule has 0 amide bonds. The molecule has 0 bridgehead atoms.